The molecule has 0 fully saturated rings. The molecule has 0 bridgehead atoms. The summed E-state index contributed by atoms with van der Waals surface area (Å²) in [5.41, 5.74) is 1.12. The van der Waals surface area contributed by atoms with Crippen molar-refractivity contribution in [1.82, 2.24) is 9.97 Å². The van der Waals surface area contributed by atoms with Gasteiger partial charge in [-0.05, 0) is 19.8 Å². The highest BCUT2D eigenvalue weighted by Crippen LogP contribution is 2.19. The fourth-order valence-electron chi connectivity index (χ4n) is 1.40. The van der Waals surface area contributed by atoms with Gasteiger partial charge in [0.1, 0.15) is 11.6 Å². The number of anilines is 1. The molecule has 0 spiro atoms. The number of aromatic nitrogens is 2. The predicted molar refractivity (Wildman–Crippen MR) is 76.6 cm³/mol. The van der Waals surface area contributed by atoms with Crippen LogP contribution < -0.4 is 5.32 Å². The Morgan fingerprint density at radius 2 is 2.06 bits per heavy atom. The molecule has 0 saturated heterocycles. The quantitative estimate of drug-likeness (QED) is 0.807. The molecule has 0 aliphatic carbocycles. The van der Waals surface area contributed by atoms with Gasteiger partial charge < -0.3 is 5.32 Å². The highest BCUT2D eigenvalue weighted by Gasteiger charge is 2.06. The van der Waals surface area contributed by atoms with Crippen LogP contribution in [0.5, 0.6) is 0 Å². The zero-order chi connectivity index (χ0) is 12.7. The molecule has 0 radical (unpaired) electrons. The second kappa shape index (κ2) is 7.54. The molecular weight excluding hydrogens is 230 g/mol. The Balaban J connectivity index is 2.72. The van der Waals surface area contributed by atoms with E-state index in [4.69, 9.17) is 0 Å². The number of rotatable bonds is 7. The van der Waals surface area contributed by atoms with Crippen LogP contribution in [0.2, 0.25) is 0 Å². The standard InChI is InChI=1S/C13H23N3S/c1-5-10(4)17-9-13-15-11(6-2)8-12(16-13)14-7-3/h8,10H,5-7,9H2,1-4H3,(H,14,15,16). The molecule has 1 aromatic rings. The Bertz CT molecular complexity index is 341. The van der Waals surface area contributed by atoms with Crippen LogP contribution in [0.15, 0.2) is 6.07 Å². The molecule has 1 atom stereocenters. The number of aryl methyl sites for hydroxylation is 1. The summed E-state index contributed by atoms with van der Waals surface area (Å²) in [6, 6.07) is 2.04. The van der Waals surface area contributed by atoms with Crippen molar-refractivity contribution < 1.29 is 0 Å². The van der Waals surface area contributed by atoms with Gasteiger partial charge in [0.2, 0.25) is 0 Å². The maximum atomic E-state index is 4.57. The molecule has 3 nitrogen and oxygen atoms in total. The minimum absolute atomic E-state index is 0.673. The van der Waals surface area contributed by atoms with Crippen molar-refractivity contribution in [2.45, 2.75) is 51.5 Å². The number of thioether (sulfide) groups is 1. The summed E-state index contributed by atoms with van der Waals surface area (Å²) < 4.78 is 0. The normalized spacial score (nSPS) is 12.5. The molecule has 1 rings (SSSR count). The molecule has 1 aromatic heterocycles. The zero-order valence-electron chi connectivity index (χ0n) is 11.3. The van der Waals surface area contributed by atoms with E-state index in [1.165, 1.54) is 6.42 Å². The molecular formula is C13H23N3S. The Morgan fingerprint density at radius 3 is 2.65 bits per heavy atom. The molecule has 0 amide bonds. The molecule has 17 heavy (non-hydrogen) atoms. The first-order valence-corrected chi connectivity index (χ1v) is 7.46. The molecule has 0 aromatic carbocycles. The molecule has 0 aliphatic heterocycles. The van der Waals surface area contributed by atoms with Crippen molar-refractivity contribution in [3.63, 3.8) is 0 Å². The van der Waals surface area contributed by atoms with Crippen LogP contribution in [-0.4, -0.2) is 21.8 Å². The van der Waals surface area contributed by atoms with Gasteiger partial charge in [-0.3, -0.25) is 0 Å². The van der Waals surface area contributed by atoms with Crippen molar-refractivity contribution in [2.24, 2.45) is 0 Å². The highest BCUT2D eigenvalue weighted by molar-refractivity contribution is 7.99. The van der Waals surface area contributed by atoms with Gasteiger partial charge in [0.15, 0.2) is 0 Å². The maximum absolute atomic E-state index is 4.57. The van der Waals surface area contributed by atoms with Gasteiger partial charge in [0.05, 0.1) is 5.75 Å². The summed E-state index contributed by atoms with van der Waals surface area (Å²) in [6.07, 6.45) is 2.15. The van der Waals surface area contributed by atoms with Crippen LogP contribution in [0.4, 0.5) is 5.82 Å². The SMILES string of the molecule is CCNc1cc(CC)nc(CSC(C)CC)n1. The van der Waals surface area contributed by atoms with E-state index in [9.17, 15) is 0 Å². The largest absolute Gasteiger partial charge is 0.370 e. The smallest absolute Gasteiger partial charge is 0.140 e. The molecule has 0 saturated carbocycles. The Labute approximate surface area is 109 Å². The monoisotopic (exact) mass is 253 g/mol. The lowest BCUT2D eigenvalue weighted by Gasteiger charge is -2.10. The van der Waals surface area contributed by atoms with E-state index >= 15 is 0 Å². The summed E-state index contributed by atoms with van der Waals surface area (Å²) in [7, 11) is 0. The van der Waals surface area contributed by atoms with Crippen LogP contribution in [-0.2, 0) is 12.2 Å². The Morgan fingerprint density at radius 1 is 1.29 bits per heavy atom. The van der Waals surface area contributed by atoms with E-state index in [1.54, 1.807) is 0 Å². The van der Waals surface area contributed by atoms with E-state index in [-0.39, 0.29) is 0 Å². The first kappa shape index (κ1) is 14.3. The van der Waals surface area contributed by atoms with Crippen molar-refractivity contribution >= 4 is 17.6 Å². The summed E-state index contributed by atoms with van der Waals surface area (Å²) in [6.45, 7) is 9.58. The van der Waals surface area contributed by atoms with Gasteiger partial charge in [-0.15, -0.1) is 0 Å². The van der Waals surface area contributed by atoms with Gasteiger partial charge in [-0.1, -0.05) is 20.8 Å². The van der Waals surface area contributed by atoms with Gasteiger partial charge in [0.25, 0.3) is 0 Å². The van der Waals surface area contributed by atoms with Crippen molar-refractivity contribution in [3.05, 3.63) is 17.6 Å². The lowest BCUT2D eigenvalue weighted by molar-refractivity contribution is 0.895. The van der Waals surface area contributed by atoms with E-state index < -0.39 is 0 Å². The molecule has 0 aliphatic rings. The van der Waals surface area contributed by atoms with Crippen molar-refractivity contribution in [3.8, 4) is 0 Å². The van der Waals surface area contributed by atoms with E-state index in [1.807, 2.05) is 17.8 Å². The fourth-order valence-corrected chi connectivity index (χ4v) is 2.20. The number of nitrogens with one attached hydrogen (secondary N) is 1. The van der Waals surface area contributed by atoms with Crippen LogP contribution in [0, 0.1) is 0 Å². The van der Waals surface area contributed by atoms with Crippen molar-refractivity contribution in [1.29, 1.82) is 0 Å². The predicted octanol–water partition coefficient (Wildman–Crippen LogP) is 3.50. The first-order valence-electron chi connectivity index (χ1n) is 6.41. The molecule has 1 heterocycles. The third-order valence-electron chi connectivity index (χ3n) is 2.62. The minimum atomic E-state index is 0.673. The fraction of sp³-hybridized carbons (Fsp3) is 0.692. The number of hydrogen-bond acceptors (Lipinski definition) is 4. The topological polar surface area (TPSA) is 37.8 Å². The van der Waals surface area contributed by atoms with Crippen molar-refractivity contribution in [2.75, 3.05) is 11.9 Å². The molecule has 4 heteroatoms. The van der Waals surface area contributed by atoms with E-state index in [0.717, 1.165) is 36.1 Å². The third-order valence-corrected chi connectivity index (χ3v) is 3.94. The third kappa shape index (κ3) is 4.94. The molecule has 1 N–H and O–H groups in total. The minimum Gasteiger partial charge on any atom is -0.370 e. The zero-order valence-corrected chi connectivity index (χ0v) is 12.1. The highest BCUT2D eigenvalue weighted by atomic mass is 32.2. The van der Waals surface area contributed by atoms with Crippen LogP contribution >= 0.6 is 11.8 Å². The van der Waals surface area contributed by atoms with E-state index in [0.29, 0.717) is 5.25 Å². The molecule has 96 valence electrons. The van der Waals surface area contributed by atoms with Crippen LogP contribution in [0.25, 0.3) is 0 Å². The van der Waals surface area contributed by atoms with E-state index in [2.05, 4.69) is 43.0 Å². The average molecular weight is 253 g/mol. The van der Waals surface area contributed by atoms with Gasteiger partial charge in [-0.25, -0.2) is 9.97 Å². The van der Waals surface area contributed by atoms with Gasteiger partial charge in [-0.2, -0.15) is 11.8 Å². The van der Waals surface area contributed by atoms with Crippen LogP contribution in [0.3, 0.4) is 0 Å². The lowest BCUT2D eigenvalue weighted by Crippen LogP contribution is -2.06. The number of nitrogens with zero attached hydrogens (tertiary/aromatic N) is 2. The summed E-state index contributed by atoms with van der Waals surface area (Å²) in [5.74, 6) is 2.81. The summed E-state index contributed by atoms with van der Waals surface area (Å²) in [4.78, 5) is 9.10. The average Bonchev–Trinajstić information content (AvgIpc) is 2.36. The maximum Gasteiger partial charge on any atom is 0.140 e. The lowest BCUT2D eigenvalue weighted by atomic mass is 10.3. The summed E-state index contributed by atoms with van der Waals surface area (Å²) >= 11 is 1.92. The van der Waals surface area contributed by atoms with Gasteiger partial charge >= 0.3 is 0 Å². The Hall–Kier alpha value is -0.770. The molecule has 1 unspecified atom stereocenters. The first-order chi connectivity index (χ1) is 8.19. The second-order valence-corrected chi connectivity index (χ2v) is 5.50. The van der Waals surface area contributed by atoms with Crippen LogP contribution in [0.1, 0.15) is 45.6 Å². The number of hydrogen-bond donors (Lipinski definition) is 1. The Kier molecular flexibility index (Phi) is 6.34. The van der Waals surface area contributed by atoms with Gasteiger partial charge in [0, 0.05) is 23.6 Å². The summed E-state index contributed by atoms with van der Waals surface area (Å²) in [5, 5.41) is 3.94. The second-order valence-electron chi connectivity index (χ2n) is 4.07.